The molecular formula is C21H28FN3O3S. The van der Waals surface area contributed by atoms with Gasteiger partial charge in [0.2, 0.25) is 0 Å². The van der Waals surface area contributed by atoms with Gasteiger partial charge in [0.15, 0.2) is 0 Å². The zero-order valence-corrected chi connectivity index (χ0v) is 18.7. The Morgan fingerprint density at radius 1 is 1.34 bits per heavy atom. The van der Waals surface area contributed by atoms with Gasteiger partial charge in [0.25, 0.3) is 5.56 Å². The Labute approximate surface area is 173 Å². The maximum Gasteiger partial charge on any atom is 0.261 e. The highest BCUT2D eigenvalue weighted by molar-refractivity contribution is 7.91. The van der Waals surface area contributed by atoms with Crippen LogP contribution in [0.1, 0.15) is 58.8 Å². The van der Waals surface area contributed by atoms with Crippen molar-refractivity contribution < 1.29 is 13.7 Å². The van der Waals surface area contributed by atoms with Gasteiger partial charge >= 0.3 is 0 Å². The van der Waals surface area contributed by atoms with Crippen molar-refractivity contribution in [3.8, 4) is 0 Å². The lowest BCUT2D eigenvalue weighted by atomic mass is 9.81. The van der Waals surface area contributed by atoms with Crippen LogP contribution in [0.3, 0.4) is 0 Å². The van der Waals surface area contributed by atoms with Crippen LogP contribution in [0.15, 0.2) is 21.3 Å². The van der Waals surface area contributed by atoms with Crippen molar-refractivity contribution in [1.82, 2.24) is 9.55 Å². The Bertz CT molecular complexity index is 1020. The normalized spacial score (nSPS) is 18.8. The lowest BCUT2D eigenvalue weighted by molar-refractivity contribution is 0.0523. The quantitative estimate of drug-likeness (QED) is 0.562. The summed E-state index contributed by atoms with van der Waals surface area (Å²) in [6.07, 6.45) is 1.49. The molecule has 29 heavy (non-hydrogen) atoms. The molecule has 1 aliphatic rings. The molecular weight excluding hydrogens is 393 g/mol. The predicted molar refractivity (Wildman–Crippen MR) is 114 cm³/mol. The molecule has 1 aliphatic heterocycles. The highest BCUT2D eigenvalue weighted by atomic mass is 32.2. The van der Waals surface area contributed by atoms with Crippen molar-refractivity contribution in [2.45, 2.75) is 57.6 Å². The molecule has 1 fully saturated rings. The van der Waals surface area contributed by atoms with Gasteiger partial charge in [-0.15, -0.1) is 0 Å². The zero-order valence-electron chi connectivity index (χ0n) is 17.8. The van der Waals surface area contributed by atoms with Gasteiger partial charge in [-0.3, -0.25) is 9.36 Å². The number of hydrogen-bond donors (Lipinski definition) is 0. The van der Waals surface area contributed by atoms with Crippen molar-refractivity contribution in [3.05, 3.63) is 39.7 Å². The molecule has 1 saturated heterocycles. The smallest absolute Gasteiger partial charge is 0.261 e. The molecule has 0 aliphatic carbocycles. The topological polar surface area (TPSA) is 79.5 Å². The van der Waals surface area contributed by atoms with Crippen LogP contribution in [0.4, 0.5) is 4.39 Å². The molecule has 0 unspecified atom stereocenters. The van der Waals surface area contributed by atoms with Crippen LogP contribution in [-0.4, -0.2) is 37.8 Å². The van der Waals surface area contributed by atoms with Crippen molar-refractivity contribution in [2.24, 2.45) is 11.4 Å². The third-order valence-electron chi connectivity index (χ3n) is 5.41. The third-order valence-corrected chi connectivity index (χ3v) is 6.90. The third kappa shape index (κ3) is 4.25. The van der Waals surface area contributed by atoms with E-state index in [1.807, 2.05) is 20.8 Å². The Morgan fingerprint density at radius 3 is 2.55 bits per heavy atom. The van der Waals surface area contributed by atoms with Crippen LogP contribution >= 0.6 is 0 Å². The first-order valence-electron chi connectivity index (χ1n) is 9.70. The largest absolute Gasteiger partial charge is 0.591 e. The van der Waals surface area contributed by atoms with Crippen LogP contribution < -0.4 is 5.56 Å². The van der Waals surface area contributed by atoms with E-state index >= 15 is 0 Å². The Balaban J connectivity index is 2.26. The molecule has 2 aromatic rings. The first kappa shape index (κ1) is 21.9. The van der Waals surface area contributed by atoms with Gasteiger partial charge in [-0.1, -0.05) is 11.3 Å². The highest BCUT2D eigenvalue weighted by Crippen LogP contribution is 2.33. The molecule has 3 rings (SSSR count). The van der Waals surface area contributed by atoms with Crippen molar-refractivity contribution in [1.29, 1.82) is 0 Å². The average molecular weight is 422 g/mol. The van der Waals surface area contributed by atoms with Crippen LogP contribution in [0.25, 0.3) is 10.9 Å². The first-order chi connectivity index (χ1) is 13.4. The Kier molecular flexibility index (Phi) is 5.91. The average Bonchev–Trinajstić information content (AvgIpc) is 2.64. The number of hydrogen-bond acceptors (Lipinski definition) is 5. The van der Waals surface area contributed by atoms with Gasteiger partial charge in [0, 0.05) is 31.2 Å². The van der Waals surface area contributed by atoms with Gasteiger partial charge < -0.3 is 9.29 Å². The Morgan fingerprint density at radius 2 is 1.97 bits per heavy atom. The highest BCUT2D eigenvalue weighted by Gasteiger charge is 2.34. The van der Waals surface area contributed by atoms with Gasteiger partial charge in [-0.25, -0.2) is 9.37 Å². The summed E-state index contributed by atoms with van der Waals surface area (Å²) in [6, 6.07) is 2.52. The minimum Gasteiger partial charge on any atom is -0.591 e. The van der Waals surface area contributed by atoms with Gasteiger partial charge in [-0.2, -0.15) is 0 Å². The maximum atomic E-state index is 14.3. The van der Waals surface area contributed by atoms with Crippen molar-refractivity contribution in [2.75, 3.05) is 13.2 Å². The molecule has 0 amide bonds. The number of benzene rings is 1. The fraction of sp³-hybridized carbons (Fsp3) is 0.571. The molecule has 6 nitrogen and oxygen atoms in total. The van der Waals surface area contributed by atoms with E-state index in [9.17, 15) is 13.7 Å². The summed E-state index contributed by atoms with van der Waals surface area (Å²) in [6.45, 7) is 10.4. The van der Waals surface area contributed by atoms with E-state index in [4.69, 9.17) is 9.72 Å². The molecule has 2 heterocycles. The van der Waals surface area contributed by atoms with E-state index < -0.39 is 21.9 Å². The molecule has 1 aromatic carbocycles. The van der Waals surface area contributed by atoms with Gasteiger partial charge in [-0.05, 0) is 52.7 Å². The van der Waals surface area contributed by atoms with E-state index in [0.29, 0.717) is 35.8 Å². The summed E-state index contributed by atoms with van der Waals surface area (Å²) in [4.78, 5) is 17.9. The molecule has 0 radical (unpaired) electrons. The summed E-state index contributed by atoms with van der Waals surface area (Å²) in [5.41, 5.74) is 0.567. The lowest BCUT2D eigenvalue weighted by Crippen LogP contribution is -2.38. The number of halogens is 1. The number of fused-ring (bicyclic) bond motifs is 1. The maximum absolute atomic E-state index is 14.3. The fourth-order valence-corrected chi connectivity index (χ4v) is 4.13. The zero-order chi connectivity index (χ0) is 21.6. The van der Waals surface area contributed by atoms with Gasteiger partial charge in [0.05, 0.1) is 16.6 Å². The minimum atomic E-state index is -1.51. The molecule has 158 valence electrons. The second-order valence-electron chi connectivity index (χ2n) is 8.86. The monoisotopic (exact) mass is 421 g/mol. The van der Waals surface area contributed by atoms with Crippen LogP contribution in [0, 0.1) is 5.82 Å². The second kappa shape index (κ2) is 7.81. The van der Waals surface area contributed by atoms with Crippen LogP contribution in [-0.2, 0) is 28.6 Å². The fourth-order valence-electron chi connectivity index (χ4n) is 3.51. The number of aromatic nitrogens is 2. The molecule has 0 spiro atoms. The van der Waals surface area contributed by atoms with Crippen molar-refractivity contribution in [3.63, 3.8) is 0 Å². The number of ether oxygens (including phenoxy) is 1. The lowest BCUT2D eigenvalue weighted by Gasteiger charge is -2.34. The summed E-state index contributed by atoms with van der Waals surface area (Å²) >= 11 is -1.51. The van der Waals surface area contributed by atoms with Gasteiger partial charge in [0.1, 0.15) is 27.8 Å². The molecule has 1 atom stereocenters. The summed E-state index contributed by atoms with van der Waals surface area (Å²) in [5, 5.41) is 0.193. The van der Waals surface area contributed by atoms with E-state index in [1.165, 1.54) is 16.7 Å². The van der Waals surface area contributed by atoms with E-state index in [-0.39, 0.29) is 16.4 Å². The number of rotatable bonds is 3. The SMILES string of the molecule is CC(=N[S@+]([O-])C(C)(C)C)c1cc(F)cc2c(=O)n(C)c(C3(C)CCOCC3)nc12. The summed E-state index contributed by atoms with van der Waals surface area (Å²) < 4.78 is 37.6. The minimum absolute atomic E-state index is 0.193. The molecule has 0 N–H and O–H groups in total. The van der Waals surface area contributed by atoms with E-state index in [2.05, 4.69) is 11.3 Å². The predicted octanol–water partition coefficient (Wildman–Crippen LogP) is 3.41. The van der Waals surface area contributed by atoms with Crippen LogP contribution in [0.5, 0.6) is 0 Å². The molecule has 8 heteroatoms. The number of nitrogens with zero attached hydrogens (tertiary/aromatic N) is 3. The van der Waals surface area contributed by atoms with E-state index in [1.54, 1.807) is 14.0 Å². The molecule has 0 saturated carbocycles. The first-order valence-corrected chi connectivity index (χ1v) is 10.8. The summed E-state index contributed by atoms with van der Waals surface area (Å²) in [7, 11) is 1.67. The standard InChI is InChI=1S/C21H28FN3O3S/c1-13(24-29(27)20(2,3)4)15-11-14(22)12-16-17(15)23-19(25(6)18(16)26)21(5)7-9-28-10-8-21/h11-12H,7-10H2,1-6H3/t29-/m1/s1. The second-order valence-corrected chi connectivity index (χ2v) is 10.8. The Hall–Kier alpha value is -1.77. The molecule has 0 bridgehead atoms. The van der Waals surface area contributed by atoms with Crippen molar-refractivity contribution >= 4 is 28.0 Å². The van der Waals surface area contributed by atoms with E-state index in [0.717, 1.165) is 12.8 Å². The van der Waals surface area contributed by atoms with Crippen LogP contribution in [0.2, 0.25) is 0 Å². The summed E-state index contributed by atoms with van der Waals surface area (Å²) in [5.74, 6) is 0.100. The molecule has 1 aromatic heterocycles.